The van der Waals surface area contributed by atoms with Crippen LogP contribution in [0.1, 0.15) is 0 Å². The van der Waals surface area contributed by atoms with E-state index in [0.717, 1.165) is 10.6 Å². The molecule has 132 valence electrons. The average molecular weight is 407 g/mol. The lowest BCUT2D eigenvalue weighted by Crippen LogP contribution is -1.93. The van der Waals surface area contributed by atoms with Crippen molar-refractivity contribution in [3.05, 3.63) is 46.4 Å². The molecule has 9 heteroatoms. The van der Waals surface area contributed by atoms with Crippen molar-refractivity contribution in [3.63, 3.8) is 0 Å². The summed E-state index contributed by atoms with van der Waals surface area (Å²) in [7, 11) is 3.22. The van der Waals surface area contributed by atoms with Crippen molar-refractivity contribution >= 4 is 39.5 Å². The highest BCUT2D eigenvalue weighted by molar-refractivity contribution is 7.19. The maximum Gasteiger partial charge on any atom is 0.235 e. The highest BCUT2D eigenvalue weighted by atomic mass is 35.5. The zero-order chi connectivity index (χ0) is 18.3. The van der Waals surface area contributed by atoms with Gasteiger partial charge in [0.15, 0.2) is 5.82 Å². The Morgan fingerprint density at radius 1 is 0.962 bits per heavy atom. The van der Waals surface area contributed by atoms with Crippen molar-refractivity contribution in [3.8, 4) is 33.5 Å². The van der Waals surface area contributed by atoms with Crippen LogP contribution in [0.25, 0.3) is 26.9 Å². The maximum atomic E-state index is 6.30. The first-order chi connectivity index (χ1) is 12.6. The van der Waals surface area contributed by atoms with E-state index in [1.807, 2.05) is 18.2 Å². The largest absolute Gasteiger partial charge is 0.497 e. The molecule has 2 aromatic carbocycles. The lowest BCUT2D eigenvalue weighted by Gasteiger charge is -2.06. The molecule has 0 spiro atoms. The SMILES string of the molecule is COc1cc(OC)cc(-c2nn3c(-c4ccc(Cl)cc4Cl)nnc3s2)c1. The third-order valence-corrected chi connectivity index (χ3v) is 5.26. The van der Waals surface area contributed by atoms with Crippen molar-refractivity contribution < 1.29 is 9.47 Å². The van der Waals surface area contributed by atoms with Gasteiger partial charge >= 0.3 is 0 Å². The Balaban J connectivity index is 1.84. The van der Waals surface area contributed by atoms with E-state index in [2.05, 4.69) is 15.3 Å². The van der Waals surface area contributed by atoms with Crippen molar-refractivity contribution in [1.82, 2.24) is 19.8 Å². The van der Waals surface area contributed by atoms with Crippen LogP contribution in [0.5, 0.6) is 11.5 Å². The summed E-state index contributed by atoms with van der Waals surface area (Å²) in [5, 5.41) is 14.9. The number of benzene rings is 2. The minimum atomic E-state index is 0.490. The molecule has 0 radical (unpaired) electrons. The normalized spacial score (nSPS) is 11.1. The Morgan fingerprint density at radius 2 is 1.69 bits per heavy atom. The molecule has 0 saturated carbocycles. The van der Waals surface area contributed by atoms with E-state index in [1.54, 1.807) is 36.9 Å². The first-order valence-electron chi connectivity index (χ1n) is 7.50. The molecule has 0 saturated heterocycles. The van der Waals surface area contributed by atoms with Crippen molar-refractivity contribution in [2.24, 2.45) is 0 Å². The number of nitrogens with zero attached hydrogens (tertiary/aromatic N) is 4. The van der Waals surface area contributed by atoms with Gasteiger partial charge in [-0.2, -0.15) is 9.61 Å². The first kappa shape index (κ1) is 17.1. The second-order valence-corrected chi connectivity index (χ2v) is 7.15. The third kappa shape index (κ3) is 2.98. The summed E-state index contributed by atoms with van der Waals surface area (Å²) < 4.78 is 12.3. The van der Waals surface area contributed by atoms with Gasteiger partial charge in [-0.3, -0.25) is 0 Å². The molecule has 2 heterocycles. The number of hydrogen-bond donors (Lipinski definition) is 0. The Morgan fingerprint density at radius 3 is 2.35 bits per heavy atom. The van der Waals surface area contributed by atoms with Gasteiger partial charge in [0, 0.05) is 22.2 Å². The Hall–Kier alpha value is -2.35. The van der Waals surface area contributed by atoms with Crippen LogP contribution in [0.2, 0.25) is 10.0 Å². The Labute approximate surface area is 162 Å². The standard InChI is InChI=1S/C17H12Cl2N4O2S/c1-24-11-5-9(6-12(8-11)25-2)16-22-23-15(20-21-17(23)26-16)13-4-3-10(18)7-14(13)19/h3-8H,1-2H3. The van der Waals surface area contributed by atoms with Gasteiger partial charge in [0.2, 0.25) is 4.96 Å². The topological polar surface area (TPSA) is 61.5 Å². The molecule has 0 aliphatic rings. The zero-order valence-corrected chi connectivity index (χ0v) is 16.1. The van der Waals surface area contributed by atoms with E-state index in [9.17, 15) is 0 Å². The lowest BCUT2D eigenvalue weighted by molar-refractivity contribution is 0.394. The van der Waals surface area contributed by atoms with Gasteiger partial charge in [-0.15, -0.1) is 10.2 Å². The number of fused-ring (bicyclic) bond motifs is 1. The van der Waals surface area contributed by atoms with Crippen LogP contribution in [0, 0.1) is 0 Å². The fraction of sp³-hybridized carbons (Fsp3) is 0.118. The number of halogens is 2. The monoisotopic (exact) mass is 406 g/mol. The smallest absolute Gasteiger partial charge is 0.235 e. The number of aromatic nitrogens is 4. The van der Waals surface area contributed by atoms with E-state index in [0.29, 0.717) is 37.9 Å². The van der Waals surface area contributed by atoms with Crippen molar-refractivity contribution in [2.75, 3.05) is 14.2 Å². The fourth-order valence-electron chi connectivity index (χ4n) is 2.50. The van der Waals surface area contributed by atoms with Crippen molar-refractivity contribution in [1.29, 1.82) is 0 Å². The van der Waals surface area contributed by atoms with Gasteiger partial charge in [0.1, 0.15) is 16.5 Å². The molecular formula is C17H12Cl2N4O2S. The van der Waals surface area contributed by atoms with E-state index in [4.69, 9.17) is 32.7 Å². The summed E-state index contributed by atoms with van der Waals surface area (Å²) in [4.78, 5) is 0.655. The van der Waals surface area contributed by atoms with E-state index in [1.165, 1.54) is 11.3 Å². The van der Waals surface area contributed by atoms with Crippen LogP contribution >= 0.6 is 34.5 Å². The summed E-state index contributed by atoms with van der Waals surface area (Å²) in [5.74, 6) is 1.93. The molecular weight excluding hydrogens is 395 g/mol. The number of ether oxygens (including phenoxy) is 2. The molecule has 0 atom stereocenters. The van der Waals surface area contributed by atoms with Gasteiger partial charge in [-0.05, 0) is 30.3 Å². The molecule has 4 aromatic rings. The molecule has 4 rings (SSSR count). The van der Waals surface area contributed by atoms with Crippen molar-refractivity contribution in [2.45, 2.75) is 0 Å². The van der Waals surface area contributed by atoms with Crippen LogP contribution in [0.4, 0.5) is 0 Å². The summed E-state index contributed by atoms with van der Waals surface area (Å²) >= 11 is 13.7. The van der Waals surface area contributed by atoms with E-state index >= 15 is 0 Å². The molecule has 0 fully saturated rings. The third-order valence-electron chi connectivity index (χ3n) is 3.76. The summed E-state index contributed by atoms with van der Waals surface area (Å²) in [6, 6.07) is 10.8. The molecule has 0 aliphatic heterocycles. The lowest BCUT2D eigenvalue weighted by atomic mass is 10.2. The molecule has 0 amide bonds. The number of rotatable bonds is 4. The molecule has 6 nitrogen and oxygen atoms in total. The Bertz CT molecular complexity index is 1090. The van der Waals surface area contributed by atoms with Gasteiger partial charge in [0.05, 0.1) is 19.2 Å². The molecule has 0 N–H and O–H groups in total. The predicted molar refractivity (Wildman–Crippen MR) is 103 cm³/mol. The van der Waals surface area contributed by atoms with Crippen LogP contribution in [0.15, 0.2) is 36.4 Å². The summed E-state index contributed by atoms with van der Waals surface area (Å²) in [5.41, 5.74) is 1.58. The van der Waals surface area contributed by atoms with Crippen LogP contribution < -0.4 is 9.47 Å². The van der Waals surface area contributed by atoms with Crippen LogP contribution in [0.3, 0.4) is 0 Å². The van der Waals surface area contributed by atoms with Crippen LogP contribution in [-0.2, 0) is 0 Å². The number of hydrogen-bond acceptors (Lipinski definition) is 6. The first-order valence-corrected chi connectivity index (χ1v) is 9.07. The van der Waals surface area contributed by atoms with Gasteiger partial charge < -0.3 is 9.47 Å². The number of methoxy groups -OCH3 is 2. The maximum absolute atomic E-state index is 6.30. The van der Waals surface area contributed by atoms with E-state index in [-0.39, 0.29) is 0 Å². The molecule has 26 heavy (non-hydrogen) atoms. The second-order valence-electron chi connectivity index (χ2n) is 5.35. The molecule has 0 aliphatic carbocycles. The minimum absolute atomic E-state index is 0.490. The molecule has 0 unspecified atom stereocenters. The molecule has 0 bridgehead atoms. The van der Waals surface area contributed by atoms with Gasteiger partial charge in [-0.25, -0.2) is 0 Å². The second kappa shape index (κ2) is 6.75. The predicted octanol–water partition coefficient (Wildman–Crippen LogP) is 4.84. The molecule has 2 aromatic heterocycles. The van der Waals surface area contributed by atoms with Crippen LogP contribution in [-0.4, -0.2) is 34.0 Å². The minimum Gasteiger partial charge on any atom is -0.497 e. The Kier molecular flexibility index (Phi) is 4.44. The quantitative estimate of drug-likeness (QED) is 0.484. The van der Waals surface area contributed by atoms with E-state index < -0.39 is 0 Å². The average Bonchev–Trinajstić information content (AvgIpc) is 3.22. The summed E-state index contributed by atoms with van der Waals surface area (Å²) in [6.07, 6.45) is 0. The zero-order valence-electron chi connectivity index (χ0n) is 13.7. The highest BCUT2D eigenvalue weighted by Crippen LogP contribution is 2.34. The van der Waals surface area contributed by atoms with Gasteiger partial charge in [-0.1, -0.05) is 34.5 Å². The van der Waals surface area contributed by atoms with Gasteiger partial charge in [0.25, 0.3) is 0 Å². The highest BCUT2D eigenvalue weighted by Gasteiger charge is 2.17. The fourth-order valence-corrected chi connectivity index (χ4v) is 3.82. The summed E-state index contributed by atoms with van der Waals surface area (Å²) in [6.45, 7) is 0.